The zero-order valence-corrected chi connectivity index (χ0v) is 21.4. The van der Waals surface area contributed by atoms with Gasteiger partial charge in [-0.2, -0.15) is 0 Å². The van der Waals surface area contributed by atoms with E-state index in [4.69, 9.17) is 0 Å². The molecule has 8 nitrogen and oxygen atoms in total. The van der Waals surface area contributed by atoms with Gasteiger partial charge in [0.25, 0.3) is 5.69 Å². The molecule has 2 aliphatic heterocycles. The molecule has 2 fully saturated rings. The van der Waals surface area contributed by atoms with Crippen LogP contribution in [0.15, 0.2) is 48.5 Å². The van der Waals surface area contributed by atoms with Crippen LogP contribution in [0.25, 0.3) is 22.2 Å². The third-order valence-electron chi connectivity index (χ3n) is 7.83. The normalized spacial score (nSPS) is 18.4. The Morgan fingerprint density at radius 3 is 2.53 bits per heavy atom. The molecule has 192 valence electrons. The van der Waals surface area contributed by atoms with Crippen molar-refractivity contribution in [3.8, 4) is 11.3 Å². The molecule has 0 unspecified atom stereocenters. The smallest absolute Gasteiger partial charge is 0.270 e. The highest BCUT2D eigenvalue weighted by molar-refractivity contribution is 5.88. The van der Waals surface area contributed by atoms with E-state index in [1.54, 1.807) is 18.2 Å². The molecule has 0 aliphatic carbocycles. The quantitative estimate of drug-likeness (QED) is 0.361. The maximum atomic E-state index is 11.1. The van der Waals surface area contributed by atoms with E-state index in [1.165, 1.54) is 31.9 Å². The summed E-state index contributed by atoms with van der Waals surface area (Å²) in [5, 5.41) is 15.8. The number of nitro groups is 1. The number of rotatable bonds is 8. The fourth-order valence-electron chi connectivity index (χ4n) is 5.53. The molecule has 0 spiro atoms. The Hall–Kier alpha value is -2.94. The summed E-state index contributed by atoms with van der Waals surface area (Å²) in [7, 11) is 0. The molecule has 0 bridgehead atoms. The largest absolute Gasteiger partial charge is 0.371 e. The number of anilines is 1. The van der Waals surface area contributed by atoms with Crippen molar-refractivity contribution >= 4 is 22.3 Å². The molecule has 1 aromatic heterocycles. The number of nitrogens with zero attached hydrogens (tertiary/aromatic N) is 4. The molecule has 0 atom stereocenters. The Morgan fingerprint density at radius 2 is 1.81 bits per heavy atom. The van der Waals surface area contributed by atoms with Crippen LogP contribution in [0.2, 0.25) is 0 Å². The second-order valence-corrected chi connectivity index (χ2v) is 10.4. The minimum atomic E-state index is -0.348. The molecule has 36 heavy (non-hydrogen) atoms. The first-order valence-electron chi connectivity index (χ1n) is 13.3. The molecule has 2 saturated heterocycles. The van der Waals surface area contributed by atoms with Gasteiger partial charge in [-0.25, -0.2) is 0 Å². The number of benzene rings is 2. The monoisotopic (exact) mass is 490 g/mol. The standard InChI is InChI=1S/C28H38N6O2/c1-21(2)32-16-14-31(15-17-32)13-10-29-24-8-11-33(12-9-24)25-5-3-4-22(18-25)28-20-23-19-26(34(35)36)6-7-27(23)30-28/h3-7,18-21,24,29-30H,8-17H2,1-2H3. The fourth-order valence-corrected chi connectivity index (χ4v) is 5.53. The second kappa shape index (κ2) is 11.0. The van der Waals surface area contributed by atoms with Crippen LogP contribution in [0.1, 0.15) is 26.7 Å². The zero-order chi connectivity index (χ0) is 25.1. The Bertz CT molecular complexity index is 1180. The molecule has 2 aromatic carbocycles. The average molecular weight is 491 g/mol. The van der Waals surface area contributed by atoms with E-state index in [9.17, 15) is 10.1 Å². The lowest BCUT2D eigenvalue weighted by Crippen LogP contribution is -2.51. The zero-order valence-electron chi connectivity index (χ0n) is 21.4. The van der Waals surface area contributed by atoms with Crippen molar-refractivity contribution in [1.29, 1.82) is 0 Å². The highest BCUT2D eigenvalue weighted by Crippen LogP contribution is 2.30. The Labute approximate surface area is 213 Å². The molecular formula is C28H38N6O2. The van der Waals surface area contributed by atoms with Gasteiger partial charge in [0.15, 0.2) is 0 Å². The van der Waals surface area contributed by atoms with Gasteiger partial charge in [0, 0.05) is 98.9 Å². The summed E-state index contributed by atoms with van der Waals surface area (Å²) < 4.78 is 0. The van der Waals surface area contributed by atoms with Gasteiger partial charge in [-0.3, -0.25) is 19.9 Å². The first kappa shape index (κ1) is 24.7. The number of piperidine rings is 1. The number of aromatic amines is 1. The van der Waals surface area contributed by atoms with Crippen molar-refractivity contribution in [2.24, 2.45) is 0 Å². The van der Waals surface area contributed by atoms with E-state index in [1.807, 2.05) is 6.07 Å². The Kier molecular flexibility index (Phi) is 7.55. The van der Waals surface area contributed by atoms with E-state index in [2.05, 4.69) is 63.1 Å². The van der Waals surface area contributed by atoms with Crippen molar-refractivity contribution in [1.82, 2.24) is 20.1 Å². The van der Waals surface area contributed by atoms with Gasteiger partial charge in [-0.1, -0.05) is 12.1 Å². The number of aromatic nitrogens is 1. The predicted molar refractivity (Wildman–Crippen MR) is 147 cm³/mol. The molecule has 0 radical (unpaired) electrons. The topological polar surface area (TPSA) is 80.7 Å². The van der Waals surface area contributed by atoms with E-state index >= 15 is 0 Å². The second-order valence-electron chi connectivity index (χ2n) is 10.4. The average Bonchev–Trinajstić information content (AvgIpc) is 3.33. The molecule has 3 aromatic rings. The summed E-state index contributed by atoms with van der Waals surface area (Å²) in [6.45, 7) is 13.6. The van der Waals surface area contributed by atoms with Crippen LogP contribution < -0.4 is 10.2 Å². The van der Waals surface area contributed by atoms with Gasteiger partial charge >= 0.3 is 0 Å². The molecule has 8 heteroatoms. The molecule has 2 aliphatic rings. The number of fused-ring (bicyclic) bond motifs is 1. The number of H-pyrrole nitrogens is 1. The van der Waals surface area contributed by atoms with Crippen molar-refractivity contribution in [2.45, 2.75) is 38.8 Å². The number of nitro benzene ring substituents is 1. The Balaban J connectivity index is 1.12. The van der Waals surface area contributed by atoms with Crippen LogP contribution in [0.5, 0.6) is 0 Å². The minimum Gasteiger partial charge on any atom is -0.371 e. The first-order valence-corrected chi connectivity index (χ1v) is 13.3. The lowest BCUT2D eigenvalue weighted by atomic mass is 10.0. The van der Waals surface area contributed by atoms with Crippen molar-refractivity contribution in [2.75, 3.05) is 57.3 Å². The fraction of sp³-hybridized carbons (Fsp3) is 0.500. The lowest BCUT2D eigenvalue weighted by Gasteiger charge is -2.37. The highest BCUT2D eigenvalue weighted by Gasteiger charge is 2.21. The van der Waals surface area contributed by atoms with Crippen LogP contribution in [0, 0.1) is 10.1 Å². The number of hydrogen-bond donors (Lipinski definition) is 2. The van der Waals surface area contributed by atoms with Crippen LogP contribution in [0.4, 0.5) is 11.4 Å². The maximum absolute atomic E-state index is 11.1. The summed E-state index contributed by atoms with van der Waals surface area (Å²) in [5.74, 6) is 0. The summed E-state index contributed by atoms with van der Waals surface area (Å²) >= 11 is 0. The lowest BCUT2D eigenvalue weighted by molar-refractivity contribution is -0.384. The maximum Gasteiger partial charge on any atom is 0.270 e. The van der Waals surface area contributed by atoms with Crippen LogP contribution in [-0.2, 0) is 0 Å². The third kappa shape index (κ3) is 5.72. The van der Waals surface area contributed by atoms with E-state index in [0.29, 0.717) is 12.1 Å². The number of piperazine rings is 1. The van der Waals surface area contributed by atoms with Crippen molar-refractivity contribution < 1.29 is 4.92 Å². The molecule has 2 N–H and O–H groups in total. The van der Waals surface area contributed by atoms with E-state index < -0.39 is 0 Å². The number of nitrogens with one attached hydrogen (secondary N) is 2. The molecule has 3 heterocycles. The minimum absolute atomic E-state index is 0.118. The molecule has 0 saturated carbocycles. The van der Waals surface area contributed by atoms with Crippen LogP contribution in [0.3, 0.4) is 0 Å². The van der Waals surface area contributed by atoms with Crippen LogP contribution >= 0.6 is 0 Å². The summed E-state index contributed by atoms with van der Waals surface area (Å²) in [6.07, 6.45) is 2.31. The SMILES string of the molecule is CC(C)N1CCN(CCNC2CCN(c3cccc(-c4cc5cc([N+](=O)[O-])ccc5[nH]4)c3)CC2)CC1. The van der Waals surface area contributed by atoms with Gasteiger partial charge < -0.3 is 15.2 Å². The Morgan fingerprint density at radius 1 is 1.03 bits per heavy atom. The van der Waals surface area contributed by atoms with Gasteiger partial charge in [0.2, 0.25) is 0 Å². The number of hydrogen-bond acceptors (Lipinski definition) is 6. The molecular weight excluding hydrogens is 452 g/mol. The first-order chi connectivity index (χ1) is 17.5. The predicted octanol–water partition coefficient (Wildman–Crippen LogP) is 4.33. The van der Waals surface area contributed by atoms with Gasteiger partial charge in [0.1, 0.15) is 0 Å². The van der Waals surface area contributed by atoms with Gasteiger partial charge in [0.05, 0.1) is 4.92 Å². The molecule has 0 amide bonds. The summed E-state index contributed by atoms with van der Waals surface area (Å²) in [5.41, 5.74) is 4.35. The van der Waals surface area contributed by atoms with Crippen LogP contribution in [-0.4, -0.2) is 84.1 Å². The van der Waals surface area contributed by atoms with Crippen molar-refractivity contribution in [3.05, 3.63) is 58.6 Å². The van der Waals surface area contributed by atoms with Gasteiger partial charge in [-0.05, 0) is 56.5 Å². The van der Waals surface area contributed by atoms with Gasteiger partial charge in [-0.15, -0.1) is 0 Å². The summed E-state index contributed by atoms with van der Waals surface area (Å²) in [6, 6.07) is 16.8. The van der Waals surface area contributed by atoms with Crippen molar-refractivity contribution in [3.63, 3.8) is 0 Å². The third-order valence-corrected chi connectivity index (χ3v) is 7.83. The number of non-ortho nitro benzene ring substituents is 1. The van der Waals surface area contributed by atoms with E-state index in [-0.39, 0.29) is 10.6 Å². The summed E-state index contributed by atoms with van der Waals surface area (Å²) in [4.78, 5) is 21.8. The van der Waals surface area contributed by atoms with E-state index in [0.717, 1.165) is 61.2 Å². The highest BCUT2D eigenvalue weighted by atomic mass is 16.6. The molecule has 5 rings (SSSR count).